The number of benzene rings is 1. The number of halogens is 1. The monoisotopic (exact) mass is 238 g/mol. The summed E-state index contributed by atoms with van der Waals surface area (Å²) >= 11 is 0. The SMILES string of the molecule is COC1CCN(c2ccc(F)cc2[C@@H](C)N)C1. The lowest BCUT2D eigenvalue weighted by Gasteiger charge is -2.23. The lowest BCUT2D eigenvalue weighted by atomic mass is 10.1. The minimum atomic E-state index is -0.233. The third-order valence-corrected chi connectivity index (χ3v) is 3.30. The Kier molecular flexibility index (Phi) is 3.64. The zero-order valence-electron chi connectivity index (χ0n) is 10.3. The Morgan fingerprint density at radius 3 is 2.88 bits per heavy atom. The topological polar surface area (TPSA) is 38.5 Å². The van der Waals surface area contributed by atoms with E-state index in [9.17, 15) is 4.39 Å². The van der Waals surface area contributed by atoms with Gasteiger partial charge in [-0.3, -0.25) is 0 Å². The zero-order chi connectivity index (χ0) is 12.4. The first kappa shape index (κ1) is 12.3. The number of ether oxygens (including phenoxy) is 1. The fourth-order valence-electron chi connectivity index (χ4n) is 2.32. The highest BCUT2D eigenvalue weighted by Crippen LogP contribution is 2.29. The molecule has 1 fully saturated rings. The van der Waals surface area contributed by atoms with Gasteiger partial charge in [0.1, 0.15) is 5.82 Å². The summed E-state index contributed by atoms with van der Waals surface area (Å²) < 4.78 is 18.6. The van der Waals surface area contributed by atoms with Crippen molar-refractivity contribution < 1.29 is 9.13 Å². The van der Waals surface area contributed by atoms with Gasteiger partial charge >= 0.3 is 0 Å². The second-order valence-electron chi connectivity index (χ2n) is 4.58. The Morgan fingerprint density at radius 2 is 2.29 bits per heavy atom. The third kappa shape index (κ3) is 2.58. The summed E-state index contributed by atoms with van der Waals surface area (Å²) in [7, 11) is 1.73. The molecule has 2 rings (SSSR count). The van der Waals surface area contributed by atoms with E-state index in [1.165, 1.54) is 12.1 Å². The van der Waals surface area contributed by atoms with E-state index < -0.39 is 0 Å². The normalized spacial score (nSPS) is 21.9. The van der Waals surface area contributed by atoms with Gasteiger partial charge in [-0.1, -0.05) is 0 Å². The van der Waals surface area contributed by atoms with E-state index >= 15 is 0 Å². The van der Waals surface area contributed by atoms with Crippen LogP contribution in [0.2, 0.25) is 0 Å². The molecule has 17 heavy (non-hydrogen) atoms. The first-order valence-electron chi connectivity index (χ1n) is 5.94. The Labute approximate surface area is 101 Å². The average Bonchev–Trinajstić information content (AvgIpc) is 2.77. The highest BCUT2D eigenvalue weighted by atomic mass is 19.1. The van der Waals surface area contributed by atoms with E-state index in [2.05, 4.69) is 4.90 Å². The number of anilines is 1. The first-order chi connectivity index (χ1) is 8.11. The quantitative estimate of drug-likeness (QED) is 0.876. The number of hydrogen-bond donors (Lipinski definition) is 1. The largest absolute Gasteiger partial charge is 0.380 e. The van der Waals surface area contributed by atoms with Crippen LogP contribution >= 0.6 is 0 Å². The van der Waals surface area contributed by atoms with E-state index in [0.29, 0.717) is 0 Å². The zero-order valence-corrected chi connectivity index (χ0v) is 10.3. The molecule has 94 valence electrons. The summed E-state index contributed by atoms with van der Waals surface area (Å²) in [5.41, 5.74) is 7.78. The number of nitrogens with zero attached hydrogens (tertiary/aromatic N) is 1. The lowest BCUT2D eigenvalue weighted by molar-refractivity contribution is 0.121. The molecule has 1 aromatic rings. The van der Waals surface area contributed by atoms with E-state index in [4.69, 9.17) is 10.5 Å². The Bertz CT molecular complexity index is 395. The van der Waals surface area contributed by atoms with Crippen molar-refractivity contribution in [3.8, 4) is 0 Å². The van der Waals surface area contributed by atoms with Crippen LogP contribution in [0.4, 0.5) is 10.1 Å². The number of methoxy groups -OCH3 is 1. The first-order valence-corrected chi connectivity index (χ1v) is 5.94. The second kappa shape index (κ2) is 5.02. The summed E-state index contributed by atoms with van der Waals surface area (Å²) in [5, 5.41) is 0. The molecular formula is C13H19FN2O. The van der Waals surface area contributed by atoms with Gasteiger partial charge in [0.15, 0.2) is 0 Å². The van der Waals surface area contributed by atoms with Crippen molar-refractivity contribution in [1.29, 1.82) is 0 Å². The van der Waals surface area contributed by atoms with Crippen molar-refractivity contribution in [2.75, 3.05) is 25.1 Å². The van der Waals surface area contributed by atoms with Gasteiger partial charge in [-0.05, 0) is 37.1 Å². The van der Waals surface area contributed by atoms with E-state index in [1.54, 1.807) is 7.11 Å². The Balaban J connectivity index is 2.26. The van der Waals surface area contributed by atoms with Crippen LogP contribution in [0.25, 0.3) is 0 Å². The molecule has 0 amide bonds. The van der Waals surface area contributed by atoms with Crippen LogP contribution in [0.15, 0.2) is 18.2 Å². The van der Waals surface area contributed by atoms with E-state index in [0.717, 1.165) is 30.8 Å². The minimum absolute atomic E-state index is 0.165. The average molecular weight is 238 g/mol. The smallest absolute Gasteiger partial charge is 0.123 e. The predicted octanol–water partition coefficient (Wildman–Crippen LogP) is 2.07. The fraction of sp³-hybridized carbons (Fsp3) is 0.538. The molecule has 1 unspecified atom stereocenters. The standard InChI is InChI=1S/C13H19FN2O/c1-9(15)12-7-10(14)3-4-13(12)16-6-5-11(8-16)17-2/h3-4,7,9,11H,5-6,8,15H2,1-2H3/t9-,11?/m1/s1. The van der Waals surface area contributed by atoms with Crippen molar-refractivity contribution in [3.63, 3.8) is 0 Å². The van der Waals surface area contributed by atoms with Crippen LogP contribution in [-0.4, -0.2) is 26.3 Å². The van der Waals surface area contributed by atoms with Gasteiger partial charge in [-0.2, -0.15) is 0 Å². The number of nitrogens with two attached hydrogens (primary N) is 1. The molecule has 0 aromatic heterocycles. The molecule has 1 aliphatic heterocycles. The fourth-order valence-corrected chi connectivity index (χ4v) is 2.32. The summed E-state index contributed by atoms with van der Waals surface area (Å²) in [5.74, 6) is -0.233. The third-order valence-electron chi connectivity index (χ3n) is 3.30. The molecular weight excluding hydrogens is 219 g/mol. The van der Waals surface area contributed by atoms with Crippen LogP contribution in [0, 0.1) is 5.82 Å². The van der Waals surface area contributed by atoms with Gasteiger partial charge in [0.25, 0.3) is 0 Å². The molecule has 1 aromatic carbocycles. The number of rotatable bonds is 3. The van der Waals surface area contributed by atoms with Crippen LogP contribution < -0.4 is 10.6 Å². The van der Waals surface area contributed by atoms with Crippen molar-refractivity contribution >= 4 is 5.69 Å². The maximum Gasteiger partial charge on any atom is 0.123 e. The van der Waals surface area contributed by atoms with Crippen molar-refractivity contribution in [1.82, 2.24) is 0 Å². The highest BCUT2D eigenvalue weighted by molar-refractivity contribution is 5.56. The van der Waals surface area contributed by atoms with E-state index in [1.807, 2.05) is 13.0 Å². The molecule has 0 radical (unpaired) electrons. The van der Waals surface area contributed by atoms with Gasteiger partial charge in [-0.25, -0.2) is 4.39 Å². The summed E-state index contributed by atoms with van der Waals surface area (Å²) in [6.07, 6.45) is 1.27. The molecule has 2 N–H and O–H groups in total. The Morgan fingerprint density at radius 1 is 1.53 bits per heavy atom. The van der Waals surface area contributed by atoms with Crippen LogP contribution in [0.5, 0.6) is 0 Å². The lowest BCUT2D eigenvalue weighted by Crippen LogP contribution is -2.24. The van der Waals surface area contributed by atoms with Crippen molar-refractivity contribution in [2.45, 2.75) is 25.5 Å². The van der Waals surface area contributed by atoms with Crippen LogP contribution in [0.3, 0.4) is 0 Å². The van der Waals surface area contributed by atoms with Crippen LogP contribution in [-0.2, 0) is 4.74 Å². The molecule has 1 heterocycles. The van der Waals surface area contributed by atoms with Gasteiger partial charge < -0.3 is 15.4 Å². The van der Waals surface area contributed by atoms with Gasteiger partial charge in [0.05, 0.1) is 6.10 Å². The molecule has 0 bridgehead atoms. The Hall–Kier alpha value is -1.13. The van der Waals surface area contributed by atoms with Crippen molar-refractivity contribution in [3.05, 3.63) is 29.6 Å². The summed E-state index contributed by atoms with van der Waals surface area (Å²) in [6, 6.07) is 4.66. The minimum Gasteiger partial charge on any atom is -0.380 e. The predicted molar refractivity (Wildman–Crippen MR) is 66.6 cm³/mol. The summed E-state index contributed by atoms with van der Waals surface area (Å²) in [4.78, 5) is 2.21. The van der Waals surface area contributed by atoms with Gasteiger partial charge in [-0.15, -0.1) is 0 Å². The summed E-state index contributed by atoms with van der Waals surface area (Å²) in [6.45, 7) is 3.66. The second-order valence-corrected chi connectivity index (χ2v) is 4.58. The van der Waals surface area contributed by atoms with Gasteiger partial charge in [0.2, 0.25) is 0 Å². The molecule has 2 atom stereocenters. The van der Waals surface area contributed by atoms with E-state index in [-0.39, 0.29) is 18.0 Å². The van der Waals surface area contributed by atoms with Crippen molar-refractivity contribution in [2.24, 2.45) is 5.73 Å². The maximum absolute atomic E-state index is 13.2. The van der Waals surface area contributed by atoms with Crippen LogP contribution in [0.1, 0.15) is 24.9 Å². The van der Waals surface area contributed by atoms with Gasteiger partial charge in [0, 0.05) is 31.9 Å². The highest BCUT2D eigenvalue weighted by Gasteiger charge is 2.24. The molecule has 4 heteroatoms. The molecule has 1 saturated heterocycles. The number of hydrogen-bond acceptors (Lipinski definition) is 3. The maximum atomic E-state index is 13.2. The molecule has 3 nitrogen and oxygen atoms in total. The molecule has 0 spiro atoms. The molecule has 1 aliphatic rings. The molecule has 0 saturated carbocycles. The molecule has 0 aliphatic carbocycles.